The number of anilines is 1. The molecule has 0 aliphatic rings. The summed E-state index contributed by atoms with van der Waals surface area (Å²) in [6.45, 7) is 0. The van der Waals surface area contributed by atoms with Gasteiger partial charge in [0, 0.05) is 10.6 Å². The number of aromatic nitrogens is 1. The Morgan fingerprint density at radius 1 is 1.24 bits per heavy atom. The van der Waals surface area contributed by atoms with Gasteiger partial charge in [-0.2, -0.15) is 0 Å². The van der Waals surface area contributed by atoms with E-state index in [1.807, 2.05) is 24.3 Å². The van der Waals surface area contributed by atoms with Crippen molar-refractivity contribution >= 4 is 35.0 Å². The lowest BCUT2D eigenvalue weighted by molar-refractivity contribution is -0.113. The second-order valence-electron chi connectivity index (χ2n) is 5.03. The summed E-state index contributed by atoms with van der Waals surface area (Å²) in [5.74, 6) is 1.26. The van der Waals surface area contributed by atoms with Gasteiger partial charge < -0.3 is 14.5 Å². The largest absolute Gasteiger partial charge is 0.495 e. The summed E-state index contributed by atoms with van der Waals surface area (Å²) in [4.78, 5) is 16.3. The van der Waals surface area contributed by atoms with Crippen molar-refractivity contribution in [2.24, 2.45) is 0 Å². The first-order valence-corrected chi connectivity index (χ1v) is 8.79. The number of halogens is 1. The summed E-state index contributed by atoms with van der Waals surface area (Å²) in [5, 5.41) is 3.90. The lowest BCUT2D eigenvalue weighted by Gasteiger charge is -2.08. The molecule has 128 valence electrons. The third-order valence-electron chi connectivity index (χ3n) is 3.32. The maximum Gasteiger partial charge on any atom is 0.256 e. The van der Waals surface area contributed by atoms with E-state index in [-0.39, 0.29) is 11.7 Å². The molecule has 0 aliphatic carbocycles. The first-order chi connectivity index (χ1) is 12.2. The van der Waals surface area contributed by atoms with Crippen LogP contribution in [0, 0.1) is 0 Å². The van der Waals surface area contributed by atoms with E-state index >= 15 is 0 Å². The molecule has 1 amide bonds. The number of carbonyl (C=O) groups is 1. The molecule has 0 bridgehead atoms. The molecule has 25 heavy (non-hydrogen) atoms. The third-order valence-corrected chi connectivity index (χ3v) is 4.42. The van der Waals surface area contributed by atoms with E-state index in [1.165, 1.54) is 11.8 Å². The van der Waals surface area contributed by atoms with Crippen molar-refractivity contribution in [3.05, 3.63) is 59.8 Å². The summed E-state index contributed by atoms with van der Waals surface area (Å²) in [5.41, 5.74) is 1.51. The summed E-state index contributed by atoms with van der Waals surface area (Å²) in [6, 6.07) is 14.5. The zero-order valence-corrected chi connectivity index (χ0v) is 14.9. The summed E-state index contributed by atoms with van der Waals surface area (Å²) < 4.78 is 10.9. The van der Waals surface area contributed by atoms with Crippen LogP contribution in [0.2, 0.25) is 5.02 Å². The number of methoxy groups -OCH3 is 1. The number of nitrogens with zero attached hydrogens (tertiary/aromatic N) is 1. The standard InChI is InChI=1S/C18H15ClN2O3S/c1-23-15-5-3-2-4-14(15)21-17(22)11-25-18-20-10-16(24-18)12-6-8-13(19)9-7-12/h2-10H,11H2,1H3,(H,21,22). The van der Waals surface area contributed by atoms with Crippen LogP contribution in [0.25, 0.3) is 11.3 Å². The van der Waals surface area contributed by atoms with Gasteiger partial charge in [0.05, 0.1) is 24.7 Å². The van der Waals surface area contributed by atoms with Crippen molar-refractivity contribution in [1.82, 2.24) is 4.98 Å². The van der Waals surface area contributed by atoms with Gasteiger partial charge in [0.2, 0.25) is 5.91 Å². The maximum atomic E-state index is 12.1. The minimum Gasteiger partial charge on any atom is -0.495 e. The molecule has 1 aromatic heterocycles. The minimum absolute atomic E-state index is 0.166. The van der Waals surface area contributed by atoms with Gasteiger partial charge in [-0.15, -0.1) is 0 Å². The number of rotatable bonds is 6. The van der Waals surface area contributed by atoms with Crippen molar-refractivity contribution in [1.29, 1.82) is 0 Å². The van der Waals surface area contributed by atoms with Crippen LogP contribution in [0.3, 0.4) is 0 Å². The quantitative estimate of drug-likeness (QED) is 0.631. The molecule has 0 unspecified atom stereocenters. The van der Waals surface area contributed by atoms with E-state index in [4.69, 9.17) is 20.8 Å². The average molecular weight is 375 g/mol. The Morgan fingerprint density at radius 3 is 2.76 bits per heavy atom. The lowest BCUT2D eigenvalue weighted by Crippen LogP contribution is -2.14. The van der Waals surface area contributed by atoms with Gasteiger partial charge in [0.1, 0.15) is 5.75 Å². The molecular weight excluding hydrogens is 360 g/mol. The van der Waals surface area contributed by atoms with Crippen LogP contribution in [0.5, 0.6) is 5.75 Å². The smallest absolute Gasteiger partial charge is 0.256 e. The number of thioether (sulfide) groups is 1. The Balaban J connectivity index is 1.58. The van der Waals surface area contributed by atoms with Crippen LogP contribution in [0.1, 0.15) is 0 Å². The van der Waals surface area contributed by atoms with Crippen molar-refractivity contribution in [2.75, 3.05) is 18.2 Å². The molecule has 0 saturated carbocycles. The fraction of sp³-hybridized carbons (Fsp3) is 0.111. The van der Waals surface area contributed by atoms with Crippen molar-refractivity contribution in [3.63, 3.8) is 0 Å². The van der Waals surface area contributed by atoms with Crippen molar-refractivity contribution in [3.8, 4) is 17.1 Å². The fourth-order valence-corrected chi connectivity index (χ4v) is 2.86. The van der Waals surface area contributed by atoms with Gasteiger partial charge in [-0.1, -0.05) is 35.5 Å². The van der Waals surface area contributed by atoms with E-state index in [9.17, 15) is 4.79 Å². The molecule has 0 aliphatic heterocycles. The number of nitrogens with one attached hydrogen (secondary N) is 1. The normalized spacial score (nSPS) is 10.5. The van der Waals surface area contributed by atoms with Gasteiger partial charge in [-0.05, 0) is 36.4 Å². The molecule has 5 nitrogen and oxygen atoms in total. The van der Waals surface area contributed by atoms with Crippen LogP contribution in [-0.4, -0.2) is 23.8 Å². The lowest BCUT2D eigenvalue weighted by atomic mass is 10.2. The molecule has 1 N–H and O–H groups in total. The Morgan fingerprint density at radius 2 is 2.00 bits per heavy atom. The highest BCUT2D eigenvalue weighted by Gasteiger charge is 2.11. The highest BCUT2D eigenvalue weighted by molar-refractivity contribution is 7.99. The van der Waals surface area contributed by atoms with Crippen LogP contribution in [0.15, 0.2) is 64.4 Å². The summed E-state index contributed by atoms with van der Waals surface area (Å²) in [7, 11) is 1.56. The van der Waals surface area contributed by atoms with Crippen LogP contribution in [-0.2, 0) is 4.79 Å². The van der Waals surface area contributed by atoms with Gasteiger partial charge >= 0.3 is 0 Å². The number of carbonyl (C=O) groups excluding carboxylic acids is 1. The van der Waals surface area contributed by atoms with Gasteiger partial charge in [-0.3, -0.25) is 4.79 Å². The van der Waals surface area contributed by atoms with Gasteiger partial charge in [0.25, 0.3) is 5.22 Å². The molecule has 0 radical (unpaired) electrons. The predicted octanol–water partition coefficient (Wildman–Crippen LogP) is 4.73. The van der Waals surface area contributed by atoms with E-state index in [0.717, 1.165) is 5.56 Å². The molecule has 1 heterocycles. The Kier molecular flexibility index (Phi) is 5.63. The number of hydrogen-bond donors (Lipinski definition) is 1. The van der Waals surface area contributed by atoms with Crippen LogP contribution >= 0.6 is 23.4 Å². The van der Waals surface area contributed by atoms with Crippen molar-refractivity contribution in [2.45, 2.75) is 5.22 Å². The fourth-order valence-electron chi connectivity index (χ4n) is 2.13. The van der Waals surface area contributed by atoms with E-state index in [0.29, 0.717) is 27.4 Å². The van der Waals surface area contributed by atoms with Crippen LogP contribution in [0.4, 0.5) is 5.69 Å². The SMILES string of the molecule is COc1ccccc1NC(=O)CSc1ncc(-c2ccc(Cl)cc2)o1. The zero-order chi connectivity index (χ0) is 17.6. The van der Waals surface area contributed by atoms with Crippen molar-refractivity contribution < 1.29 is 13.9 Å². The maximum absolute atomic E-state index is 12.1. The van der Waals surface area contributed by atoms with Gasteiger partial charge in [0.15, 0.2) is 5.76 Å². The number of oxazole rings is 1. The molecule has 3 rings (SSSR count). The Hall–Kier alpha value is -2.44. The monoisotopic (exact) mass is 374 g/mol. The highest BCUT2D eigenvalue weighted by atomic mass is 35.5. The molecule has 2 aromatic carbocycles. The first kappa shape index (κ1) is 17.4. The first-order valence-electron chi connectivity index (χ1n) is 7.43. The molecule has 0 fully saturated rings. The number of para-hydroxylation sites is 2. The topological polar surface area (TPSA) is 64.4 Å². The number of ether oxygens (including phenoxy) is 1. The van der Waals surface area contributed by atoms with Crippen LogP contribution < -0.4 is 10.1 Å². The van der Waals surface area contributed by atoms with E-state index in [2.05, 4.69) is 10.3 Å². The molecule has 0 saturated heterocycles. The number of hydrogen-bond acceptors (Lipinski definition) is 5. The second kappa shape index (κ2) is 8.09. The van der Waals surface area contributed by atoms with E-state index < -0.39 is 0 Å². The molecule has 0 spiro atoms. The molecular formula is C18H15ClN2O3S. The summed E-state index contributed by atoms with van der Waals surface area (Å²) >= 11 is 7.10. The molecule has 7 heteroatoms. The third kappa shape index (κ3) is 4.55. The highest BCUT2D eigenvalue weighted by Crippen LogP contribution is 2.27. The molecule has 3 aromatic rings. The minimum atomic E-state index is -0.166. The number of amides is 1. The average Bonchev–Trinajstić information content (AvgIpc) is 3.10. The Bertz CT molecular complexity index is 865. The number of benzene rings is 2. The van der Waals surface area contributed by atoms with E-state index in [1.54, 1.807) is 37.6 Å². The van der Waals surface area contributed by atoms with Gasteiger partial charge in [-0.25, -0.2) is 4.98 Å². The summed E-state index contributed by atoms with van der Waals surface area (Å²) in [6.07, 6.45) is 1.63. The second-order valence-corrected chi connectivity index (χ2v) is 6.40. The predicted molar refractivity (Wildman–Crippen MR) is 99.3 cm³/mol. The molecule has 0 atom stereocenters. The zero-order valence-electron chi connectivity index (χ0n) is 13.4. The Labute approximate surface area is 154 Å².